The van der Waals surface area contributed by atoms with Crippen molar-refractivity contribution in [3.05, 3.63) is 83.1 Å². The van der Waals surface area contributed by atoms with Crippen LogP contribution in [0.5, 0.6) is 0 Å². The van der Waals surface area contributed by atoms with Crippen LogP contribution in [0.4, 0.5) is 0 Å². The zero-order valence-electron chi connectivity index (χ0n) is 17.5. The van der Waals surface area contributed by atoms with Gasteiger partial charge in [0, 0.05) is 37.1 Å². The van der Waals surface area contributed by atoms with Crippen LogP contribution in [0.25, 0.3) is 17.0 Å². The molecule has 1 saturated heterocycles. The molecule has 0 atom stereocenters. The Labute approximate surface area is 182 Å². The van der Waals surface area contributed by atoms with Crippen LogP contribution in [0.2, 0.25) is 0 Å². The highest BCUT2D eigenvalue weighted by molar-refractivity contribution is 5.99. The lowest BCUT2D eigenvalue weighted by atomic mass is 10.1. The molecule has 5 nitrogen and oxygen atoms in total. The number of carbonyl (C=O) groups excluding carboxylic acids is 2. The lowest BCUT2D eigenvalue weighted by Crippen LogP contribution is -2.29. The Hall–Kier alpha value is -3.47. The number of hydrogen-bond acceptors (Lipinski definition) is 3. The molecule has 5 heteroatoms. The van der Waals surface area contributed by atoms with Crippen molar-refractivity contribution in [1.82, 2.24) is 14.8 Å². The van der Waals surface area contributed by atoms with E-state index in [9.17, 15) is 9.59 Å². The van der Waals surface area contributed by atoms with Crippen molar-refractivity contribution in [2.75, 3.05) is 19.6 Å². The lowest BCUT2D eigenvalue weighted by Gasteiger charge is -2.15. The Kier molecular flexibility index (Phi) is 5.24. The summed E-state index contributed by atoms with van der Waals surface area (Å²) in [4.78, 5) is 33.4. The Bertz CT molecular complexity index is 1160. The van der Waals surface area contributed by atoms with Crippen LogP contribution in [0.3, 0.4) is 0 Å². The van der Waals surface area contributed by atoms with Crippen LogP contribution in [0, 0.1) is 0 Å². The van der Waals surface area contributed by atoms with Crippen LogP contribution < -0.4 is 0 Å². The molecule has 3 aromatic rings. The van der Waals surface area contributed by atoms with Crippen LogP contribution in [-0.4, -0.2) is 46.2 Å². The molecule has 156 valence electrons. The van der Waals surface area contributed by atoms with Gasteiger partial charge in [-0.3, -0.25) is 9.59 Å². The van der Waals surface area contributed by atoms with E-state index in [4.69, 9.17) is 0 Å². The molecular weight excluding hydrogens is 386 g/mol. The molecule has 1 aromatic heterocycles. The van der Waals surface area contributed by atoms with Crippen molar-refractivity contribution in [1.29, 1.82) is 0 Å². The van der Waals surface area contributed by atoms with E-state index >= 15 is 0 Å². The van der Waals surface area contributed by atoms with Crippen molar-refractivity contribution in [2.45, 2.75) is 25.8 Å². The van der Waals surface area contributed by atoms with Gasteiger partial charge in [-0.1, -0.05) is 54.6 Å². The van der Waals surface area contributed by atoms with E-state index in [1.807, 2.05) is 70.5 Å². The summed E-state index contributed by atoms with van der Waals surface area (Å²) in [7, 11) is 0. The molecule has 3 heterocycles. The fourth-order valence-electron chi connectivity index (χ4n) is 4.36. The number of carbonyl (C=O) groups is 2. The van der Waals surface area contributed by atoms with Gasteiger partial charge in [0.25, 0.3) is 5.91 Å². The highest BCUT2D eigenvalue weighted by Gasteiger charge is 2.28. The van der Waals surface area contributed by atoms with Crippen molar-refractivity contribution in [3.8, 4) is 0 Å². The van der Waals surface area contributed by atoms with E-state index in [1.54, 1.807) is 0 Å². The topological polar surface area (TPSA) is 53.5 Å². The molecule has 0 spiro atoms. The third-order valence-corrected chi connectivity index (χ3v) is 6.08. The molecule has 0 radical (unpaired) electrons. The summed E-state index contributed by atoms with van der Waals surface area (Å²) < 4.78 is 0. The number of fused-ring (bicyclic) bond motifs is 2. The first-order valence-corrected chi connectivity index (χ1v) is 10.9. The van der Waals surface area contributed by atoms with Gasteiger partial charge in [0.2, 0.25) is 5.91 Å². The largest absolute Gasteiger partial charge is 0.342 e. The Balaban J connectivity index is 1.20. The fraction of sp³-hybridized carbons (Fsp3) is 0.269. The SMILES string of the molecule is O=C(Cc1ccc(/C=C/CN2Cc3cc4ccccc4nc3C2=O)cc1)N1CCCC1. The zero-order valence-corrected chi connectivity index (χ0v) is 17.5. The summed E-state index contributed by atoms with van der Waals surface area (Å²) in [6.07, 6.45) is 6.73. The molecule has 0 aliphatic carbocycles. The summed E-state index contributed by atoms with van der Waals surface area (Å²) in [5.74, 6) is 0.204. The molecule has 2 amide bonds. The predicted octanol–water partition coefficient (Wildman–Crippen LogP) is 4.07. The number of aromatic nitrogens is 1. The maximum absolute atomic E-state index is 12.7. The molecule has 1 fully saturated rings. The summed E-state index contributed by atoms with van der Waals surface area (Å²) in [6, 6.07) is 18.0. The Morgan fingerprint density at radius 1 is 1.03 bits per heavy atom. The van der Waals surface area contributed by atoms with Crippen LogP contribution in [0.1, 0.15) is 40.0 Å². The average Bonchev–Trinajstić information content (AvgIpc) is 3.43. The summed E-state index contributed by atoms with van der Waals surface area (Å²) in [5, 5.41) is 1.06. The number of rotatable bonds is 5. The summed E-state index contributed by atoms with van der Waals surface area (Å²) >= 11 is 0. The second kappa shape index (κ2) is 8.34. The zero-order chi connectivity index (χ0) is 21.2. The average molecular weight is 412 g/mol. The molecule has 0 bridgehead atoms. The quantitative estimate of drug-likeness (QED) is 0.636. The molecule has 0 N–H and O–H groups in total. The lowest BCUT2D eigenvalue weighted by molar-refractivity contribution is -0.129. The Morgan fingerprint density at radius 3 is 2.61 bits per heavy atom. The van der Waals surface area contributed by atoms with Crippen LogP contribution in [-0.2, 0) is 17.8 Å². The van der Waals surface area contributed by atoms with Crippen molar-refractivity contribution in [3.63, 3.8) is 0 Å². The molecular formula is C26H25N3O2. The van der Waals surface area contributed by atoms with Crippen molar-refractivity contribution < 1.29 is 9.59 Å². The van der Waals surface area contributed by atoms with Crippen LogP contribution in [0.15, 0.2) is 60.7 Å². The smallest absolute Gasteiger partial charge is 0.273 e. The van der Waals surface area contributed by atoms with Crippen molar-refractivity contribution in [2.24, 2.45) is 0 Å². The molecule has 31 heavy (non-hydrogen) atoms. The normalized spacial score (nSPS) is 15.9. The molecule has 0 saturated carbocycles. The fourth-order valence-corrected chi connectivity index (χ4v) is 4.36. The summed E-state index contributed by atoms with van der Waals surface area (Å²) in [6.45, 7) is 2.92. The van der Waals surface area contributed by atoms with Gasteiger partial charge >= 0.3 is 0 Å². The van der Waals surface area contributed by atoms with E-state index in [0.717, 1.165) is 53.5 Å². The van der Waals surface area contributed by atoms with Crippen molar-refractivity contribution >= 4 is 28.8 Å². The van der Waals surface area contributed by atoms with Gasteiger partial charge < -0.3 is 9.80 Å². The maximum Gasteiger partial charge on any atom is 0.273 e. The molecule has 5 rings (SSSR count). The van der Waals surface area contributed by atoms with Gasteiger partial charge in [-0.15, -0.1) is 0 Å². The third-order valence-electron chi connectivity index (χ3n) is 6.08. The minimum absolute atomic E-state index is 0.0128. The minimum Gasteiger partial charge on any atom is -0.342 e. The minimum atomic E-state index is -0.0128. The number of nitrogens with zero attached hydrogens (tertiary/aromatic N) is 3. The van der Waals surface area contributed by atoms with Gasteiger partial charge in [-0.2, -0.15) is 0 Å². The maximum atomic E-state index is 12.7. The predicted molar refractivity (Wildman–Crippen MR) is 121 cm³/mol. The number of likely N-dealkylation sites (tertiary alicyclic amines) is 1. The van der Waals surface area contributed by atoms with E-state index in [0.29, 0.717) is 25.2 Å². The highest BCUT2D eigenvalue weighted by atomic mass is 16.2. The molecule has 0 unspecified atom stereocenters. The monoisotopic (exact) mass is 411 g/mol. The van der Waals surface area contributed by atoms with Gasteiger partial charge in [-0.05, 0) is 36.1 Å². The van der Waals surface area contributed by atoms with Gasteiger partial charge in [0.05, 0.1) is 11.9 Å². The number of benzene rings is 2. The number of pyridine rings is 1. The first kappa shape index (κ1) is 19.5. The number of para-hydroxylation sites is 1. The van der Waals surface area contributed by atoms with E-state index < -0.39 is 0 Å². The third kappa shape index (κ3) is 4.08. The van der Waals surface area contributed by atoms with E-state index in [2.05, 4.69) is 11.1 Å². The van der Waals surface area contributed by atoms with E-state index in [1.165, 1.54) is 0 Å². The molecule has 2 aromatic carbocycles. The van der Waals surface area contributed by atoms with E-state index in [-0.39, 0.29) is 11.8 Å². The molecule has 2 aliphatic rings. The van der Waals surface area contributed by atoms with Gasteiger partial charge in [0.1, 0.15) is 5.69 Å². The Morgan fingerprint density at radius 2 is 1.81 bits per heavy atom. The second-order valence-electron chi connectivity index (χ2n) is 8.28. The van der Waals surface area contributed by atoms with Gasteiger partial charge in [0.15, 0.2) is 0 Å². The second-order valence-corrected chi connectivity index (χ2v) is 8.28. The van der Waals surface area contributed by atoms with Gasteiger partial charge in [-0.25, -0.2) is 4.98 Å². The standard InChI is InChI=1S/C26H25N3O2/c30-24(28-13-3-4-14-28)16-20-11-9-19(10-12-20)6-5-15-29-18-22-17-21-7-1-2-8-23(21)27-25(22)26(29)31/h1-2,5-12,17H,3-4,13-16,18H2/b6-5+. The molecule has 2 aliphatic heterocycles. The first-order valence-electron chi connectivity index (χ1n) is 10.9. The first-order chi connectivity index (χ1) is 15.2. The highest BCUT2D eigenvalue weighted by Crippen LogP contribution is 2.25. The van der Waals surface area contributed by atoms with Crippen LogP contribution >= 0.6 is 0 Å². The number of amides is 2. The summed E-state index contributed by atoms with van der Waals surface area (Å²) in [5.41, 5.74) is 4.52. The number of hydrogen-bond donors (Lipinski definition) is 0.